The summed E-state index contributed by atoms with van der Waals surface area (Å²) in [5, 5.41) is 0. The third-order valence-corrected chi connectivity index (χ3v) is 6.06. The highest BCUT2D eigenvalue weighted by atomic mass is 16.5. The van der Waals surface area contributed by atoms with Crippen molar-refractivity contribution in [2.75, 3.05) is 54.5 Å². The Morgan fingerprint density at radius 3 is 2.08 bits per heavy atom. The summed E-state index contributed by atoms with van der Waals surface area (Å²) in [6.07, 6.45) is 11.7. The second kappa shape index (κ2) is 9.27. The highest BCUT2D eigenvalue weighted by Gasteiger charge is 2.48. The predicted octanol–water partition coefficient (Wildman–Crippen LogP) is 4.29. The molecule has 0 saturated carbocycles. The van der Waals surface area contributed by atoms with Crippen LogP contribution in [0, 0.1) is 10.8 Å². The van der Waals surface area contributed by atoms with Crippen molar-refractivity contribution in [3.63, 3.8) is 0 Å². The molecule has 0 aromatic heterocycles. The molecule has 2 aliphatic rings. The lowest BCUT2D eigenvalue weighted by molar-refractivity contribution is 0.0936. The number of nitrogens with zero attached hydrogens (tertiary/aromatic N) is 2. The number of hydrogen-bond acceptors (Lipinski definition) is 4. The first-order valence-corrected chi connectivity index (χ1v) is 10.4. The van der Waals surface area contributed by atoms with Gasteiger partial charge in [0.15, 0.2) is 0 Å². The normalized spacial score (nSPS) is 21.8. The molecule has 1 fully saturated rings. The van der Waals surface area contributed by atoms with E-state index in [2.05, 4.69) is 49.9 Å². The fourth-order valence-corrected chi connectivity index (χ4v) is 4.92. The zero-order valence-electron chi connectivity index (χ0n) is 17.9. The van der Waals surface area contributed by atoms with Crippen molar-refractivity contribution in [3.8, 4) is 0 Å². The van der Waals surface area contributed by atoms with Gasteiger partial charge in [0, 0.05) is 12.0 Å². The average molecular weight is 365 g/mol. The average Bonchev–Trinajstić information content (AvgIpc) is 2.99. The van der Waals surface area contributed by atoms with E-state index in [0.29, 0.717) is 0 Å². The van der Waals surface area contributed by atoms with Gasteiger partial charge in [0.25, 0.3) is 0 Å². The molecule has 26 heavy (non-hydrogen) atoms. The van der Waals surface area contributed by atoms with Gasteiger partial charge in [0.05, 0.1) is 19.6 Å². The first-order valence-electron chi connectivity index (χ1n) is 10.4. The Morgan fingerprint density at radius 2 is 1.62 bits per heavy atom. The topological polar surface area (TPSA) is 24.9 Å². The molecule has 4 nitrogen and oxygen atoms in total. The minimum absolute atomic E-state index is 0.0692. The quantitative estimate of drug-likeness (QED) is 0.577. The molecule has 0 amide bonds. The summed E-state index contributed by atoms with van der Waals surface area (Å²) in [4.78, 5) is 4.87. The fraction of sp³-hybridized carbons (Fsp3) is 0.818. The van der Waals surface area contributed by atoms with Crippen LogP contribution in [0.25, 0.3) is 0 Å². The van der Waals surface area contributed by atoms with Gasteiger partial charge < -0.3 is 19.3 Å². The maximum Gasteiger partial charge on any atom is 0.106 e. The highest BCUT2D eigenvalue weighted by Crippen LogP contribution is 2.52. The van der Waals surface area contributed by atoms with Crippen molar-refractivity contribution < 1.29 is 9.47 Å². The van der Waals surface area contributed by atoms with Crippen LogP contribution >= 0.6 is 0 Å². The Kier molecular flexibility index (Phi) is 7.60. The summed E-state index contributed by atoms with van der Waals surface area (Å²) in [6.45, 7) is 9.06. The van der Waals surface area contributed by atoms with Crippen molar-refractivity contribution in [3.05, 3.63) is 23.7 Å². The molecular weight excluding hydrogens is 324 g/mol. The van der Waals surface area contributed by atoms with E-state index in [1.54, 1.807) is 0 Å². The zero-order chi connectivity index (χ0) is 19.2. The summed E-state index contributed by atoms with van der Waals surface area (Å²) >= 11 is 0. The van der Waals surface area contributed by atoms with E-state index >= 15 is 0 Å². The van der Waals surface area contributed by atoms with Crippen molar-refractivity contribution in [2.45, 2.75) is 52.4 Å². The number of methoxy groups -OCH3 is 2. The molecule has 0 N–H and O–H groups in total. The fourth-order valence-electron chi connectivity index (χ4n) is 4.92. The molecule has 0 unspecified atom stereocenters. The van der Waals surface area contributed by atoms with Crippen LogP contribution in [0.15, 0.2) is 23.7 Å². The largest absolute Gasteiger partial charge is 0.500 e. The van der Waals surface area contributed by atoms with E-state index in [1.165, 1.54) is 13.0 Å². The van der Waals surface area contributed by atoms with Crippen LogP contribution in [0.3, 0.4) is 0 Å². The van der Waals surface area contributed by atoms with Crippen molar-refractivity contribution in [1.82, 2.24) is 9.80 Å². The van der Waals surface area contributed by atoms with Crippen LogP contribution < -0.4 is 0 Å². The van der Waals surface area contributed by atoms with E-state index in [4.69, 9.17) is 9.47 Å². The van der Waals surface area contributed by atoms with E-state index in [-0.39, 0.29) is 10.8 Å². The summed E-state index contributed by atoms with van der Waals surface area (Å²) in [7, 11) is 7.97. The van der Waals surface area contributed by atoms with Gasteiger partial charge in [-0.3, -0.25) is 0 Å². The van der Waals surface area contributed by atoms with Gasteiger partial charge in [-0.2, -0.15) is 0 Å². The molecule has 150 valence electrons. The van der Waals surface area contributed by atoms with Crippen LogP contribution in [0.4, 0.5) is 0 Å². The van der Waals surface area contributed by atoms with Gasteiger partial charge in [-0.1, -0.05) is 26.7 Å². The molecule has 1 heterocycles. The molecule has 0 atom stereocenters. The van der Waals surface area contributed by atoms with Gasteiger partial charge in [-0.05, 0) is 71.6 Å². The number of rotatable bonds is 10. The second-order valence-electron chi connectivity index (χ2n) is 8.42. The van der Waals surface area contributed by atoms with Gasteiger partial charge in [-0.25, -0.2) is 0 Å². The van der Waals surface area contributed by atoms with Crippen LogP contribution in [0.2, 0.25) is 0 Å². The molecule has 1 spiro atoms. The summed E-state index contributed by atoms with van der Waals surface area (Å²) in [5.41, 5.74) is -0.00359. The van der Waals surface area contributed by atoms with Crippen LogP contribution in [0.5, 0.6) is 0 Å². The molecule has 1 aliphatic carbocycles. The minimum Gasteiger partial charge on any atom is -0.500 e. The second-order valence-corrected chi connectivity index (χ2v) is 8.42. The summed E-state index contributed by atoms with van der Waals surface area (Å²) < 4.78 is 12.0. The SMILES string of the molecule is CCCC1(CCC)C(OC)=CC2(C=C1OC)CCN(CCCN(C)C)C2. The maximum absolute atomic E-state index is 5.99. The molecule has 1 saturated heterocycles. The van der Waals surface area contributed by atoms with E-state index in [9.17, 15) is 0 Å². The van der Waals surface area contributed by atoms with Crippen LogP contribution in [-0.2, 0) is 9.47 Å². The molecule has 1 aliphatic heterocycles. The Morgan fingerprint density at radius 1 is 1.04 bits per heavy atom. The molecular formula is C22H40N2O2. The lowest BCUT2D eigenvalue weighted by atomic mass is 9.67. The standard InChI is InChI=1S/C22H40N2O2/c1-7-10-22(11-8-2)19(25-5)16-21(17-20(22)26-6)12-15-24(18-21)14-9-13-23(3)4/h16-17H,7-15,18H2,1-6H3. The van der Waals surface area contributed by atoms with E-state index in [1.807, 2.05) is 14.2 Å². The maximum atomic E-state index is 5.99. The third kappa shape index (κ3) is 4.45. The molecule has 0 radical (unpaired) electrons. The zero-order valence-corrected chi connectivity index (χ0v) is 17.9. The van der Waals surface area contributed by atoms with E-state index < -0.39 is 0 Å². The van der Waals surface area contributed by atoms with Gasteiger partial charge >= 0.3 is 0 Å². The molecule has 4 heteroatoms. The molecule has 0 aromatic rings. The van der Waals surface area contributed by atoms with Gasteiger partial charge in [-0.15, -0.1) is 0 Å². The van der Waals surface area contributed by atoms with Crippen LogP contribution in [0.1, 0.15) is 52.4 Å². The van der Waals surface area contributed by atoms with Crippen LogP contribution in [-0.4, -0.2) is 64.3 Å². The number of ether oxygens (including phenoxy) is 2. The monoisotopic (exact) mass is 364 g/mol. The lowest BCUT2D eigenvalue weighted by Crippen LogP contribution is -2.36. The Bertz CT molecular complexity index is 480. The van der Waals surface area contributed by atoms with Crippen molar-refractivity contribution in [1.29, 1.82) is 0 Å². The summed E-state index contributed by atoms with van der Waals surface area (Å²) in [6, 6.07) is 0. The highest BCUT2D eigenvalue weighted by molar-refractivity contribution is 5.35. The predicted molar refractivity (Wildman–Crippen MR) is 109 cm³/mol. The minimum atomic E-state index is -0.0728. The first kappa shape index (κ1) is 21.3. The van der Waals surface area contributed by atoms with Gasteiger partial charge in [0.1, 0.15) is 11.5 Å². The Balaban J connectivity index is 2.22. The Labute approximate surface area is 161 Å². The smallest absolute Gasteiger partial charge is 0.106 e. The number of hydrogen-bond donors (Lipinski definition) is 0. The van der Waals surface area contributed by atoms with Crippen molar-refractivity contribution in [2.24, 2.45) is 10.8 Å². The molecule has 0 bridgehead atoms. The molecule has 0 aromatic carbocycles. The van der Waals surface area contributed by atoms with Gasteiger partial charge in [0.2, 0.25) is 0 Å². The molecule has 2 rings (SSSR count). The lowest BCUT2D eigenvalue weighted by Gasteiger charge is -2.42. The Hall–Kier alpha value is -1.00. The first-order chi connectivity index (χ1) is 12.4. The van der Waals surface area contributed by atoms with Crippen molar-refractivity contribution >= 4 is 0 Å². The third-order valence-electron chi connectivity index (χ3n) is 6.06. The number of likely N-dealkylation sites (tertiary alicyclic amines) is 1. The van der Waals surface area contributed by atoms with E-state index in [0.717, 1.165) is 63.3 Å². The summed E-state index contributed by atoms with van der Waals surface area (Å²) in [5.74, 6) is 2.27.